The van der Waals surface area contributed by atoms with Crippen molar-refractivity contribution in [2.45, 2.75) is 102 Å². The number of hydrogen-bond acceptors (Lipinski definition) is 9. The van der Waals surface area contributed by atoms with Crippen LogP contribution < -0.4 is 11.0 Å². The summed E-state index contributed by atoms with van der Waals surface area (Å²) in [6, 6.07) is 10.4. The molecule has 0 radical (unpaired) electrons. The maximum atomic E-state index is 13.4. The van der Waals surface area contributed by atoms with E-state index in [4.69, 9.17) is 22.4 Å². The maximum absolute atomic E-state index is 13.4. The van der Waals surface area contributed by atoms with Gasteiger partial charge in [0.2, 0.25) is 0 Å². The van der Waals surface area contributed by atoms with Gasteiger partial charge in [-0.1, -0.05) is 73.6 Å². The van der Waals surface area contributed by atoms with E-state index in [-0.39, 0.29) is 40.5 Å². The van der Waals surface area contributed by atoms with Crippen molar-refractivity contribution in [2.24, 2.45) is 0 Å². The Bertz CT molecular complexity index is 1280. The molecule has 1 N–H and O–H groups in total. The number of nitrogens with zero attached hydrogens (tertiary/aromatic N) is 2. The fourth-order valence-corrected chi connectivity index (χ4v) is 17.6. The summed E-state index contributed by atoms with van der Waals surface area (Å²) in [5, 5.41) is 2.70. The zero-order valence-electron chi connectivity index (χ0n) is 26.7. The standard InChI is InChI=1S/C30H47N3O7SSi2/c1-19(2)42(20(3)4)37-17-24-26(39-43(40-42,21(5)6)22(7)8)27(36-18-41-9)29(38-24)33-16-15-25(32-30(33)35)31-28(34)23-13-11-10-12-14-23/h10-16,19-22,24,26-27,29H,17-18H2,1-9H3,(H,31,32,34,35)/t24-,26-,27+,29-/m0/s1. The number of rotatable bonds is 10. The molecule has 2 aliphatic heterocycles. The Morgan fingerprint density at radius 3 is 2.21 bits per heavy atom. The van der Waals surface area contributed by atoms with Crippen molar-refractivity contribution in [1.29, 1.82) is 0 Å². The fraction of sp³-hybridized carbons (Fsp3) is 0.633. The highest BCUT2D eigenvalue weighted by molar-refractivity contribution is 7.98. The van der Waals surface area contributed by atoms with Gasteiger partial charge in [-0.3, -0.25) is 9.36 Å². The van der Waals surface area contributed by atoms with Gasteiger partial charge in [-0.15, -0.1) is 11.8 Å². The van der Waals surface area contributed by atoms with Gasteiger partial charge in [0.1, 0.15) is 24.1 Å². The second-order valence-corrected chi connectivity index (χ2v) is 22.1. The van der Waals surface area contributed by atoms with E-state index in [1.165, 1.54) is 16.3 Å². The summed E-state index contributed by atoms with van der Waals surface area (Å²) in [7, 11) is -5.69. The lowest BCUT2D eigenvalue weighted by Crippen LogP contribution is -2.66. The molecule has 4 atom stereocenters. The molecule has 43 heavy (non-hydrogen) atoms. The fourth-order valence-electron chi connectivity index (χ4n) is 6.12. The third-order valence-corrected chi connectivity index (χ3v) is 19.0. The van der Waals surface area contributed by atoms with E-state index in [0.717, 1.165) is 0 Å². The van der Waals surface area contributed by atoms with Crippen molar-refractivity contribution in [1.82, 2.24) is 9.55 Å². The van der Waals surface area contributed by atoms with Gasteiger partial charge in [0, 0.05) is 11.8 Å². The minimum Gasteiger partial charge on any atom is -0.414 e. The molecule has 1 aromatic carbocycles. The number of carbonyl (C=O) groups is 1. The predicted molar refractivity (Wildman–Crippen MR) is 174 cm³/mol. The highest BCUT2D eigenvalue weighted by atomic mass is 32.2. The molecule has 0 aliphatic carbocycles. The van der Waals surface area contributed by atoms with E-state index in [1.54, 1.807) is 36.5 Å². The van der Waals surface area contributed by atoms with Crippen LogP contribution in [0.2, 0.25) is 22.2 Å². The molecule has 0 unspecified atom stereocenters. The molecular formula is C30H47N3O7SSi2. The molecular weight excluding hydrogens is 603 g/mol. The number of ether oxygens (including phenoxy) is 2. The van der Waals surface area contributed by atoms with Crippen LogP contribution in [0.5, 0.6) is 0 Å². The number of fused-ring (bicyclic) bond motifs is 1. The summed E-state index contributed by atoms with van der Waals surface area (Å²) in [4.78, 5) is 30.2. The molecule has 0 spiro atoms. The van der Waals surface area contributed by atoms with Crippen LogP contribution in [0.1, 0.15) is 72.0 Å². The molecule has 4 rings (SSSR count). The second-order valence-electron chi connectivity index (χ2n) is 12.5. The lowest BCUT2D eigenvalue weighted by atomic mass is 10.1. The predicted octanol–water partition coefficient (Wildman–Crippen LogP) is 6.06. The molecule has 13 heteroatoms. The van der Waals surface area contributed by atoms with Crippen molar-refractivity contribution >= 4 is 40.6 Å². The summed E-state index contributed by atoms with van der Waals surface area (Å²) in [6.07, 6.45) is 1.15. The van der Waals surface area contributed by atoms with E-state index < -0.39 is 47.4 Å². The highest BCUT2D eigenvalue weighted by Crippen LogP contribution is 2.48. The van der Waals surface area contributed by atoms with Crippen LogP contribution in [0.15, 0.2) is 47.4 Å². The van der Waals surface area contributed by atoms with Crippen LogP contribution in [0, 0.1) is 0 Å². The van der Waals surface area contributed by atoms with Gasteiger partial charge in [-0.25, -0.2) is 4.79 Å². The number of benzene rings is 1. The van der Waals surface area contributed by atoms with Gasteiger partial charge in [-0.05, 0) is 46.6 Å². The molecule has 2 aliphatic rings. The van der Waals surface area contributed by atoms with E-state index >= 15 is 0 Å². The number of thioether (sulfide) groups is 1. The second kappa shape index (κ2) is 14.1. The summed E-state index contributed by atoms with van der Waals surface area (Å²) in [5.74, 6) is 0.199. The first kappa shape index (κ1) is 34.0. The molecule has 238 valence electrons. The number of amides is 1. The van der Waals surface area contributed by atoms with Gasteiger partial charge >= 0.3 is 22.8 Å². The molecule has 10 nitrogen and oxygen atoms in total. The van der Waals surface area contributed by atoms with Crippen molar-refractivity contribution in [3.8, 4) is 0 Å². The topological polar surface area (TPSA) is 110 Å². The molecule has 2 saturated heterocycles. The molecule has 2 aromatic rings. The zero-order valence-corrected chi connectivity index (χ0v) is 29.6. The molecule has 0 bridgehead atoms. The number of nitrogens with one attached hydrogen (secondary N) is 1. The van der Waals surface area contributed by atoms with Crippen LogP contribution in [-0.2, 0) is 22.4 Å². The average Bonchev–Trinajstić information content (AvgIpc) is 3.27. The Labute approximate surface area is 261 Å². The maximum Gasteiger partial charge on any atom is 0.351 e. The van der Waals surface area contributed by atoms with Crippen molar-refractivity contribution in [3.63, 3.8) is 0 Å². The molecule has 2 fully saturated rings. The lowest BCUT2D eigenvalue weighted by Gasteiger charge is -2.51. The third-order valence-electron chi connectivity index (χ3n) is 8.38. The first-order valence-corrected chi connectivity index (χ1v) is 20.4. The van der Waals surface area contributed by atoms with Crippen LogP contribution in [0.3, 0.4) is 0 Å². The van der Waals surface area contributed by atoms with Gasteiger partial charge in [0.05, 0.1) is 12.5 Å². The summed E-state index contributed by atoms with van der Waals surface area (Å²) >= 11 is 1.54. The van der Waals surface area contributed by atoms with Crippen LogP contribution in [-0.4, -0.2) is 69.7 Å². The minimum atomic E-state index is -2.93. The van der Waals surface area contributed by atoms with Crippen molar-refractivity contribution in [2.75, 3.05) is 24.1 Å². The Balaban J connectivity index is 1.71. The van der Waals surface area contributed by atoms with Gasteiger partial charge in [-0.2, -0.15) is 4.98 Å². The summed E-state index contributed by atoms with van der Waals surface area (Å²) in [5.41, 5.74) is 0.572. The summed E-state index contributed by atoms with van der Waals surface area (Å²) < 4.78 is 35.8. The minimum absolute atomic E-state index is 0.136. The first-order chi connectivity index (χ1) is 20.4. The number of hydrogen-bond donors (Lipinski definition) is 1. The number of aromatic nitrogens is 2. The van der Waals surface area contributed by atoms with Crippen LogP contribution >= 0.6 is 11.8 Å². The van der Waals surface area contributed by atoms with E-state index in [1.807, 2.05) is 12.3 Å². The first-order valence-electron chi connectivity index (χ1n) is 15.1. The quantitative estimate of drug-likeness (QED) is 0.243. The SMILES string of the molecule is CSCO[C@@H]1[C@H]2O[Si](C(C)C)(C(C)C)O[Si](C(C)C)(C(C)C)OC[C@@H]2O[C@@H]1n1ccc(NC(=O)c2ccccc2)nc1=O. The average molecular weight is 650 g/mol. The van der Waals surface area contributed by atoms with Gasteiger partial charge < -0.3 is 27.8 Å². The molecule has 1 aromatic heterocycles. The summed E-state index contributed by atoms with van der Waals surface area (Å²) in [6.45, 7) is 17.7. The Morgan fingerprint density at radius 1 is 1.02 bits per heavy atom. The normalized spacial score (nSPS) is 25.1. The molecule has 0 saturated carbocycles. The Morgan fingerprint density at radius 2 is 1.65 bits per heavy atom. The van der Waals surface area contributed by atoms with E-state index in [2.05, 4.69) is 65.7 Å². The van der Waals surface area contributed by atoms with Crippen molar-refractivity contribution < 1.29 is 27.2 Å². The molecule has 1 amide bonds. The Hall–Kier alpha value is -1.85. The number of anilines is 1. The largest absolute Gasteiger partial charge is 0.414 e. The van der Waals surface area contributed by atoms with E-state index in [9.17, 15) is 9.59 Å². The van der Waals surface area contributed by atoms with Gasteiger partial charge in [0.15, 0.2) is 6.23 Å². The number of carbonyl (C=O) groups excluding carboxylic acids is 1. The smallest absolute Gasteiger partial charge is 0.351 e. The van der Waals surface area contributed by atoms with Crippen molar-refractivity contribution in [3.05, 3.63) is 58.6 Å². The zero-order chi connectivity index (χ0) is 31.5. The lowest BCUT2D eigenvalue weighted by molar-refractivity contribution is -0.0654. The monoisotopic (exact) mass is 649 g/mol. The molecule has 3 heterocycles. The highest BCUT2D eigenvalue weighted by Gasteiger charge is 2.62. The van der Waals surface area contributed by atoms with Crippen LogP contribution in [0.25, 0.3) is 0 Å². The third kappa shape index (κ3) is 6.88. The van der Waals surface area contributed by atoms with Crippen LogP contribution in [0.4, 0.5) is 5.82 Å². The van der Waals surface area contributed by atoms with Gasteiger partial charge in [0.25, 0.3) is 5.91 Å². The Kier molecular flexibility index (Phi) is 11.1. The van der Waals surface area contributed by atoms with E-state index in [0.29, 0.717) is 11.5 Å².